The van der Waals surface area contributed by atoms with Crippen molar-refractivity contribution >= 4 is 5.97 Å². The molecule has 1 unspecified atom stereocenters. The number of ether oxygens (including phenoxy) is 1. The van der Waals surface area contributed by atoms with Crippen molar-refractivity contribution in [2.75, 3.05) is 13.7 Å². The standard InChI is InChI=1S/C7H15NO2/c1-6(5-8)3-4-7(9)10-2/h6H,3-5,8H2,1-2H3. The van der Waals surface area contributed by atoms with Crippen molar-refractivity contribution in [1.29, 1.82) is 0 Å². The summed E-state index contributed by atoms with van der Waals surface area (Å²) in [4.78, 5) is 10.6. The van der Waals surface area contributed by atoms with Crippen LogP contribution in [0.1, 0.15) is 19.8 Å². The normalized spacial score (nSPS) is 12.7. The molecule has 0 saturated heterocycles. The van der Waals surface area contributed by atoms with Crippen molar-refractivity contribution in [3.05, 3.63) is 0 Å². The minimum absolute atomic E-state index is 0.153. The molecule has 60 valence electrons. The van der Waals surface area contributed by atoms with Crippen molar-refractivity contribution in [2.45, 2.75) is 19.8 Å². The quantitative estimate of drug-likeness (QED) is 0.587. The van der Waals surface area contributed by atoms with Crippen LogP contribution in [0.3, 0.4) is 0 Å². The van der Waals surface area contributed by atoms with E-state index in [9.17, 15) is 4.79 Å². The van der Waals surface area contributed by atoms with Crippen molar-refractivity contribution < 1.29 is 9.53 Å². The predicted octanol–water partition coefficient (Wildman–Crippen LogP) is 0.534. The van der Waals surface area contributed by atoms with Crippen LogP contribution in [-0.2, 0) is 9.53 Å². The van der Waals surface area contributed by atoms with Crippen LogP contribution >= 0.6 is 0 Å². The first-order chi connectivity index (χ1) is 4.70. The number of rotatable bonds is 4. The Bertz CT molecular complexity index is 104. The number of carbonyl (C=O) groups is 1. The smallest absolute Gasteiger partial charge is 0.305 e. The van der Waals surface area contributed by atoms with Gasteiger partial charge < -0.3 is 10.5 Å². The Labute approximate surface area is 61.5 Å². The lowest BCUT2D eigenvalue weighted by atomic mass is 10.1. The van der Waals surface area contributed by atoms with E-state index < -0.39 is 0 Å². The second-order valence-corrected chi connectivity index (χ2v) is 2.46. The molecule has 3 nitrogen and oxygen atoms in total. The molecule has 0 fully saturated rings. The van der Waals surface area contributed by atoms with Crippen LogP contribution in [0.25, 0.3) is 0 Å². The Morgan fingerprint density at radius 3 is 2.70 bits per heavy atom. The van der Waals surface area contributed by atoms with Gasteiger partial charge in [0.1, 0.15) is 0 Å². The molecule has 0 bridgehead atoms. The second-order valence-electron chi connectivity index (χ2n) is 2.46. The fraction of sp³-hybridized carbons (Fsp3) is 0.857. The SMILES string of the molecule is COC(=O)CCC(C)CN. The van der Waals surface area contributed by atoms with Gasteiger partial charge >= 0.3 is 5.97 Å². The molecule has 1 atom stereocenters. The monoisotopic (exact) mass is 145 g/mol. The van der Waals surface area contributed by atoms with Gasteiger partial charge in [0, 0.05) is 6.42 Å². The largest absolute Gasteiger partial charge is 0.469 e. The summed E-state index contributed by atoms with van der Waals surface area (Å²) < 4.78 is 4.47. The summed E-state index contributed by atoms with van der Waals surface area (Å²) in [6.07, 6.45) is 1.30. The summed E-state index contributed by atoms with van der Waals surface area (Å²) in [5, 5.41) is 0. The lowest BCUT2D eigenvalue weighted by Crippen LogP contribution is -2.12. The molecule has 0 aliphatic heterocycles. The van der Waals surface area contributed by atoms with E-state index in [1.54, 1.807) is 0 Å². The predicted molar refractivity (Wildman–Crippen MR) is 39.5 cm³/mol. The molecule has 0 aromatic carbocycles. The van der Waals surface area contributed by atoms with Crippen LogP contribution in [0, 0.1) is 5.92 Å². The fourth-order valence-corrected chi connectivity index (χ4v) is 0.584. The van der Waals surface area contributed by atoms with E-state index in [1.807, 2.05) is 6.92 Å². The Morgan fingerprint density at radius 1 is 1.70 bits per heavy atom. The molecular formula is C7H15NO2. The van der Waals surface area contributed by atoms with Crippen LogP contribution in [0.5, 0.6) is 0 Å². The van der Waals surface area contributed by atoms with Crippen LogP contribution in [-0.4, -0.2) is 19.6 Å². The summed E-state index contributed by atoms with van der Waals surface area (Å²) in [5.41, 5.74) is 5.35. The highest BCUT2D eigenvalue weighted by Gasteiger charge is 2.03. The third-order valence-electron chi connectivity index (χ3n) is 1.47. The summed E-state index contributed by atoms with van der Waals surface area (Å²) in [6, 6.07) is 0. The maximum atomic E-state index is 10.6. The van der Waals surface area contributed by atoms with Gasteiger partial charge in [-0.25, -0.2) is 0 Å². The fourth-order valence-electron chi connectivity index (χ4n) is 0.584. The van der Waals surface area contributed by atoms with Gasteiger partial charge in [0.2, 0.25) is 0 Å². The molecule has 0 aliphatic carbocycles. The molecule has 0 amide bonds. The second kappa shape index (κ2) is 5.23. The van der Waals surface area contributed by atoms with Crippen LogP contribution in [0.4, 0.5) is 0 Å². The Balaban J connectivity index is 3.26. The van der Waals surface area contributed by atoms with Gasteiger partial charge in [0.15, 0.2) is 0 Å². The third kappa shape index (κ3) is 4.32. The van der Waals surface area contributed by atoms with Gasteiger partial charge in [-0.2, -0.15) is 0 Å². The average Bonchev–Trinajstić information content (AvgIpc) is 1.99. The topological polar surface area (TPSA) is 52.3 Å². The van der Waals surface area contributed by atoms with Gasteiger partial charge in [-0.1, -0.05) is 6.92 Å². The number of carbonyl (C=O) groups excluding carboxylic acids is 1. The lowest BCUT2D eigenvalue weighted by molar-refractivity contribution is -0.140. The molecular weight excluding hydrogens is 130 g/mol. The highest BCUT2D eigenvalue weighted by atomic mass is 16.5. The maximum Gasteiger partial charge on any atom is 0.305 e. The molecule has 0 saturated carbocycles. The van der Waals surface area contributed by atoms with Crippen molar-refractivity contribution in [1.82, 2.24) is 0 Å². The zero-order valence-electron chi connectivity index (χ0n) is 6.59. The first-order valence-corrected chi connectivity index (χ1v) is 3.47. The summed E-state index contributed by atoms with van der Waals surface area (Å²) in [6.45, 7) is 2.65. The van der Waals surface area contributed by atoms with Gasteiger partial charge in [0.05, 0.1) is 7.11 Å². The number of hydrogen-bond donors (Lipinski definition) is 1. The van der Waals surface area contributed by atoms with Crippen LogP contribution in [0.15, 0.2) is 0 Å². The highest BCUT2D eigenvalue weighted by molar-refractivity contribution is 5.69. The van der Waals surface area contributed by atoms with E-state index in [0.29, 0.717) is 18.9 Å². The zero-order valence-corrected chi connectivity index (χ0v) is 6.59. The molecule has 0 spiro atoms. The zero-order chi connectivity index (χ0) is 7.98. The summed E-state index contributed by atoms with van der Waals surface area (Å²) >= 11 is 0. The van der Waals surface area contributed by atoms with E-state index in [-0.39, 0.29) is 5.97 Å². The minimum Gasteiger partial charge on any atom is -0.469 e. The van der Waals surface area contributed by atoms with Gasteiger partial charge in [-0.05, 0) is 18.9 Å². The Morgan fingerprint density at radius 2 is 2.30 bits per heavy atom. The van der Waals surface area contributed by atoms with E-state index in [0.717, 1.165) is 6.42 Å². The van der Waals surface area contributed by atoms with Gasteiger partial charge in [-0.3, -0.25) is 4.79 Å². The van der Waals surface area contributed by atoms with E-state index in [2.05, 4.69) is 4.74 Å². The molecule has 10 heavy (non-hydrogen) atoms. The maximum absolute atomic E-state index is 10.6. The van der Waals surface area contributed by atoms with Crippen molar-refractivity contribution in [3.8, 4) is 0 Å². The molecule has 0 aromatic rings. The summed E-state index contributed by atoms with van der Waals surface area (Å²) in [7, 11) is 1.40. The minimum atomic E-state index is -0.153. The Hall–Kier alpha value is -0.570. The molecule has 3 heteroatoms. The summed E-state index contributed by atoms with van der Waals surface area (Å²) in [5.74, 6) is 0.263. The Kier molecular flexibility index (Phi) is 4.94. The van der Waals surface area contributed by atoms with Crippen LogP contribution < -0.4 is 5.73 Å². The highest BCUT2D eigenvalue weighted by Crippen LogP contribution is 2.03. The average molecular weight is 145 g/mol. The molecule has 2 N–H and O–H groups in total. The van der Waals surface area contributed by atoms with Gasteiger partial charge in [0.25, 0.3) is 0 Å². The van der Waals surface area contributed by atoms with E-state index >= 15 is 0 Å². The molecule has 0 radical (unpaired) electrons. The number of nitrogens with two attached hydrogens (primary N) is 1. The first kappa shape index (κ1) is 9.43. The lowest BCUT2D eigenvalue weighted by Gasteiger charge is -2.05. The third-order valence-corrected chi connectivity index (χ3v) is 1.47. The number of esters is 1. The first-order valence-electron chi connectivity index (χ1n) is 3.47. The molecule has 0 aromatic heterocycles. The molecule has 0 rings (SSSR count). The molecule has 0 aliphatic rings. The van der Waals surface area contributed by atoms with Crippen molar-refractivity contribution in [3.63, 3.8) is 0 Å². The number of hydrogen-bond acceptors (Lipinski definition) is 3. The van der Waals surface area contributed by atoms with Crippen LogP contribution in [0.2, 0.25) is 0 Å². The molecule has 0 heterocycles. The van der Waals surface area contributed by atoms with Gasteiger partial charge in [-0.15, -0.1) is 0 Å². The number of methoxy groups -OCH3 is 1. The van der Waals surface area contributed by atoms with E-state index in [1.165, 1.54) is 7.11 Å². The van der Waals surface area contributed by atoms with Crippen molar-refractivity contribution in [2.24, 2.45) is 11.7 Å². The van der Waals surface area contributed by atoms with E-state index in [4.69, 9.17) is 5.73 Å².